The van der Waals surface area contributed by atoms with Crippen molar-refractivity contribution in [3.05, 3.63) is 27.7 Å². The van der Waals surface area contributed by atoms with Gasteiger partial charge in [0.2, 0.25) is 0 Å². The molecule has 0 aromatic heterocycles. The predicted molar refractivity (Wildman–Crippen MR) is 87.4 cm³/mol. The molecule has 0 unspecified atom stereocenters. The van der Waals surface area contributed by atoms with Gasteiger partial charge >= 0.3 is 6.18 Å². The van der Waals surface area contributed by atoms with Crippen LogP contribution in [0.4, 0.5) is 13.2 Å². The molecule has 1 fully saturated rings. The van der Waals surface area contributed by atoms with Crippen molar-refractivity contribution >= 4 is 15.9 Å². The van der Waals surface area contributed by atoms with E-state index in [2.05, 4.69) is 26.1 Å². The highest BCUT2D eigenvalue weighted by Crippen LogP contribution is 2.47. The van der Waals surface area contributed by atoms with Crippen LogP contribution in [0.3, 0.4) is 0 Å². The highest BCUT2D eigenvalue weighted by atomic mass is 79.9. The summed E-state index contributed by atoms with van der Waals surface area (Å²) in [5.41, 5.74) is -0.995. The fourth-order valence-electron chi connectivity index (χ4n) is 3.20. The standard InChI is InChI=1S/C16H22BrF3N2O/c1-15(2,3)14(22-6-4-21-5-7-22)11-8-10(17)9-12(13(11)23)16(18,19)20/h8-9,14,21,23H,4-7H2,1-3H3/t14-/m0/s1. The topological polar surface area (TPSA) is 35.5 Å². The van der Waals surface area contributed by atoms with Crippen LogP contribution in [0, 0.1) is 5.41 Å². The normalized spacial score (nSPS) is 18.9. The summed E-state index contributed by atoms with van der Waals surface area (Å²) in [7, 11) is 0. The number of phenols is 1. The molecule has 7 heteroatoms. The highest BCUT2D eigenvalue weighted by Gasteiger charge is 2.40. The van der Waals surface area contributed by atoms with Crippen molar-refractivity contribution in [3.8, 4) is 5.75 Å². The van der Waals surface area contributed by atoms with E-state index in [0.717, 1.165) is 32.2 Å². The van der Waals surface area contributed by atoms with Crippen LogP contribution in [0.2, 0.25) is 0 Å². The highest BCUT2D eigenvalue weighted by molar-refractivity contribution is 9.10. The van der Waals surface area contributed by atoms with E-state index >= 15 is 0 Å². The lowest BCUT2D eigenvalue weighted by molar-refractivity contribution is -0.139. The van der Waals surface area contributed by atoms with E-state index in [1.54, 1.807) is 6.07 Å². The lowest BCUT2D eigenvalue weighted by Crippen LogP contribution is -2.48. The fraction of sp³-hybridized carbons (Fsp3) is 0.625. The van der Waals surface area contributed by atoms with Gasteiger partial charge in [0.15, 0.2) is 0 Å². The first-order chi connectivity index (χ1) is 10.5. The molecular weight excluding hydrogens is 373 g/mol. The molecule has 1 aliphatic rings. The van der Waals surface area contributed by atoms with E-state index in [0.29, 0.717) is 10.0 Å². The fourth-order valence-corrected chi connectivity index (χ4v) is 3.67. The van der Waals surface area contributed by atoms with Crippen molar-refractivity contribution in [2.75, 3.05) is 26.2 Å². The van der Waals surface area contributed by atoms with Gasteiger partial charge in [-0.15, -0.1) is 0 Å². The van der Waals surface area contributed by atoms with Crippen LogP contribution >= 0.6 is 15.9 Å². The Labute approximate surface area is 143 Å². The lowest BCUT2D eigenvalue weighted by Gasteiger charge is -2.43. The van der Waals surface area contributed by atoms with Gasteiger partial charge in [0.05, 0.1) is 5.56 Å². The molecule has 1 heterocycles. The molecular formula is C16H22BrF3N2O. The first kappa shape index (κ1) is 18.5. The second-order valence-corrected chi connectivity index (χ2v) is 7.86. The lowest BCUT2D eigenvalue weighted by atomic mass is 9.80. The summed E-state index contributed by atoms with van der Waals surface area (Å²) < 4.78 is 39.9. The maximum atomic E-state index is 13.2. The second-order valence-electron chi connectivity index (χ2n) is 6.94. The molecule has 0 radical (unpaired) electrons. The van der Waals surface area contributed by atoms with Crippen LogP contribution in [0.25, 0.3) is 0 Å². The van der Waals surface area contributed by atoms with Crippen molar-refractivity contribution in [2.45, 2.75) is 33.0 Å². The molecule has 2 rings (SSSR count). The Morgan fingerprint density at radius 1 is 1.17 bits per heavy atom. The van der Waals surface area contributed by atoms with Gasteiger partial charge in [-0.1, -0.05) is 36.7 Å². The average Bonchev–Trinajstić information content (AvgIpc) is 2.41. The first-order valence-electron chi connectivity index (χ1n) is 7.56. The van der Waals surface area contributed by atoms with Gasteiger partial charge in [-0.05, 0) is 17.5 Å². The molecule has 23 heavy (non-hydrogen) atoms. The zero-order chi connectivity index (χ0) is 17.4. The van der Waals surface area contributed by atoms with Crippen LogP contribution in [-0.4, -0.2) is 36.2 Å². The van der Waals surface area contributed by atoms with Crippen molar-refractivity contribution in [1.82, 2.24) is 10.2 Å². The molecule has 0 spiro atoms. The summed E-state index contributed by atoms with van der Waals surface area (Å²) in [6.45, 7) is 8.97. The quantitative estimate of drug-likeness (QED) is 0.789. The molecule has 3 nitrogen and oxygen atoms in total. The third-order valence-corrected chi connectivity index (χ3v) is 4.50. The van der Waals surface area contributed by atoms with E-state index in [4.69, 9.17) is 0 Å². The summed E-state index contributed by atoms with van der Waals surface area (Å²) in [5, 5.41) is 13.6. The number of benzene rings is 1. The number of aromatic hydroxyl groups is 1. The van der Waals surface area contributed by atoms with Gasteiger partial charge in [0.25, 0.3) is 0 Å². The van der Waals surface area contributed by atoms with Gasteiger partial charge in [0.1, 0.15) is 5.75 Å². The van der Waals surface area contributed by atoms with Gasteiger partial charge < -0.3 is 10.4 Å². The summed E-state index contributed by atoms with van der Waals surface area (Å²) in [6, 6.07) is 2.22. The Bertz CT molecular complexity index is 564. The smallest absolute Gasteiger partial charge is 0.420 e. The van der Waals surface area contributed by atoms with E-state index in [-0.39, 0.29) is 11.5 Å². The van der Waals surface area contributed by atoms with Gasteiger partial charge in [0, 0.05) is 42.3 Å². The van der Waals surface area contributed by atoms with Crippen molar-refractivity contribution in [2.24, 2.45) is 5.41 Å². The van der Waals surface area contributed by atoms with E-state index in [1.165, 1.54) is 0 Å². The molecule has 1 aromatic rings. The number of nitrogens with zero attached hydrogens (tertiary/aromatic N) is 1. The summed E-state index contributed by atoms with van der Waals surface area (Å²) in [5.74, 6) is -0.667. The van der Waals surface area contributed by atoms with Gasteiger partial charge in [-0.2, -0.15) is 13.2 Å². The van der Waals surface area contributed by atoms with Crippen LogP contribution < -0.4 is 5.32 Å². The number of hydrogen-bond donors (Lipinski definition) is 2. The zero-order valence-corrected chi connectivity index (χ0v) is 15.1. The Kier molecular flexibility index (Phi) is 5.33. The minimum Gasteiger partial charge on any atom is -0.507 e. The molecule has 2 N–H and O–H groups in total. The first-order valence-corrected chi connectivity index (χ1v) is 8.35. The van der Waals surface area contributed by atoms with Crippen LogP contribution in [0.1, 0.15) is 37.9 Å². The molecule has 0 amide bonds. The number of rotatable bonds is 2. The van der Waals surface area contributed by atoms with Crippen LogP contribution in [-0.2, 0) is 6.18 Å². The summed E-state index contributed by atoms with van der Waals surface area (Å²) in [6.07, 6.45) is -4.59. The number of hydrogen-bond acceptors (Lipinski definition) is 3. The Hall–Kier alpha value is -0.790. The molecule has 0 bridgehead atoms. The van der Waals surface area contributed by atoms with Crippen LogP contribution in [0.15, 0.2) is 16.6 Å². The number of piperazine rings is 1. The maximum Gasteiger partial charge on any atom is 0.420 e. The van der Waals surface area contributed by atoms with Crippen molar-refractivity contribution in [3.63, 3.8) is 0 Å². The molecule has 0 aliphatic carbocycles. The van der Waals surface area contributed by atoms with E-state index in [9.17, 15) is 18.3 Å². The Balaban J connectivity index is 2.57. The third kappa shape index (κ3) is 4.19. The third-order valence-electron chi connectivity index (χ3n) is 4.04. The Morgan fingerprint density at radius 2 is 1.74 bits per heavy atom. The average molecular weight is 395 g/mol. The minimum atomic E-state index is -4.59. The second kappa shape index (κ2) is 6.61. The number of alkyl halides is 3. The zero-order valence-electron chi connectivity index (χ0n) is 13.5. The molecule has 1 aliphatic heterocycles. The van der Waals surface area contributed by atoms with Gasteiger partial charge in [-0.3, -0.25) is 4.90 Å². The number of halogens is 4. The molecule has 1 atom stereocenters. The monoisotopic (exact) mass is 394 g/mol. The van der Waals surface area contributed by atoms with Gasteiger partial charge in [-0.25, -0.2) is 0 Å². The molecule has 1 saturated heterocycles. The summed E-state index contributed by atoms with van der Waals surface area (Å²) in [4.78, 5) is 2.14. The predicted octanol–water partition coefficient (Wildman–Crippen LogP) is 4.17. The molecule has 130 valence electrons. The van der Waals surface area contributed by atoms with Crippen LogP contribution in [0.5, 0.6) is 5.75 Å². The maximum absolute atomic E-state index is 13.2. The number of phenolic OH excluding ortho intramolecular Hbond substituents is 1. The molecule has 1 aromatic carbocycles. The van der Waals surface area contributed by atoms with Crippen molar-refractivity contribution < 1.29 is 18.3 Å². The Morgan fingerprint density at radius 3 is 2.22 bits per heavy atom. The minimum absolute atomic E-state index is 0.303. The van der Waals surface area contributed by atoms with Crippen molar-refractivity contribution in [1.29, 1.82) is 0 Å². The number of nitrogens with one attached hydrogen (secondary N) is 1. The van der Waals surface area contributed by atoms with E-state index < -0.39 is 17.5 Å². The molecule has 0 saturated carbocycles. The largest absolute Gasteiger partial charge is 0.507 e. The summed E-state index contributed by atoms with van der Waals surface area (Å²) >= 11 is 3.16. The van der Waals surface area contributed by atoms with E-state index in [1.807, 2.05) is 20.8 Å². The SMILES string of the molecule is CC(C)(C)[C@H](c1cc(Br)cc(C(F)(F)F)c1O)N1CCNCC1.